The van der Waals surface area contributed by atoms with E-state index in [0.717, 1.165) is 12.8 Å². The van der Waals surface area contributed by atoms with Gasteiger partial charge in [-0.05, 0) is 18.4 Å². The van der Waals surface area contributed by atoms with Crippen molar-refractivity contribution < 1.29 is 37.4 Å². The molecule has 0 fully saturated rings. The van der Waals surface area contributed by atoms with Gasteiger partial charge < -0.3 is 11.7 Å². The fraction of sp³-hybridized carbons (Fsp3) is 0.875. The van der Waals surface area contributed by atoms with E-state index in [1.165, 1.54) is 0 Å². The second-order valence-corrected chi connectivity index (χ2v) is 1.77. The number of azide groups is 1. The maximum absolute atomic E-state index is 7.89. The zero-order chi connectivity index (χ0) is 9.66. The van der Waals surface area contributed by atoms with E-state index in [0.29, 0.717) is 19.8 Å². The van der Waals surface area contributed by atoms with Crippen LogP contribution in [0.3, 0.4) is 0 Å². The van der Waals surface area contributed by atoms with E-state index < -0.39 is 0 Å². The van der Waals surface area contributed by atoms with Crippen molar-refractivity contribution >= 4 is 0 Å². The quantitative estimate of drug-likeness (QED) is 0.238. The summed E-state index contributed by atoms with van der Waals surface area (Å²) in [6, 6.07) is 0. The number of ether oxygens (including phenoxy) is 1. The van der Waals surface area contributed by atoms with Crippen LogP contribution in [0.15, 0.2) is 5.11 Å². The molecule has 0 rings (SSSR count). The first-order chi connectivity index (χ1) is 5.91. The van der Waals surface area contributed by atoms with Crippen molar-refractivity contribution in [1.82, 2.24) is 0 Å². The monoisotopic (exact) mass is 261 g/mol. The average Bonchev–Trinajstić information content (AvgIpc) is 2.15. The summed E-state index contributed by atoms with van der Waals surface area (Å²) in [5.41, 5.74) is 7.89. The maximum Gasteiger partial charge on any atom is 0.0430 e. The van der Waals surface area contributed by atoms with Gasteiger partial charge in [0.25, 0.3) is 0 Å². The van der Waals surface area contributed by atoms with Gasteiger partial charge in [-0.2, -0.15) is 0 Å². The molecule has 0 unspecified atom stereocenters. The molecule has 1 radical (unpaired) electrons. The molecule has 0 amide bonds. The van der Waals surface area contributed by atoms with Crippen LogP contribution in [0.1, 0.15) is 26.7 Å². The molecule has 0 aliphatic rings. The van der Waals surface area contributed by atoms with Crippen LogP contribution in [-0.2, 0) is 37.4 Å². The van der Waals surface area contributed by atoms with Crippen LogP contribution in [0.25, 0.3) is 10.4 Å². The Morgan fingerprint density at radius 3 is 2.46 bits per heavy atom. The number of unbranched alkanes of at least 4 members (excludes halogenated alkanes) is 1. The van der Waals surface area contributed by atoms with Crippen LogP contribution in [0.4, 0.5) is 0 Å². The summed E-state index contributed by atoms with van der Waals surface area (Å²) in [5.74, 6) is 0. The predicted molar refractivity (Wildman–Crippen MR) is 50.8 cm³/mol. The zero-order valence-corrected chi connectivity index (χ0v) is 11.4. The molecule has 13 heavy (non-hydrogen) atoms. The topological polar surface area (TPSA) is 58.0 Å². The molecule has 0 aromatic carbocycles. The Labute approximate surface area is 106 Å². The number of rotatable bonds is 6. The van der Waals surface area contributed by atoms with Crippen molar-refractivity contribution in [2.24, 2.45) is 5.11 Å². The average molecular weight is 261 g/mol. The van der Waals surface area contributed by atoms with Crippen LogP contribution >= 0.6 is 0 Å². The summed E-state index contributed by atoms with van der Waals surface area (Å²) in [4.78, 5) is 2.63. The van der Waals surface area contributed by atoms with Gasteiger partial charge in [0.15, 0.2) is 0 Å². The molecule has 0 aromatic heterocycles. The molecular formula is C8H18N3OY-. The Hall–Kier alpha value is 0.374. The van der Waals surface area contributed by atoms with Crippen molar-refractivity contribution in [1.29, 1.82) is 0 Å². The number of nitrogens with zero attached hydrogens (tertiary/aromatic N) is 3. The number of hydrogen-bond acceptors (Lipinski definition) is 2. The third kappa shape index (κ3) is 24.5. The van der Waals surface area contributed by atoms with Gasteiger partial charge in [0, 0.05) is 50.8 Å². The van der Waals surface area contributed by atoms with Crippen LogP contribution < -0.4 is 0 Å². The second-order valence-electron chi connectivity index (χ2n) is 1.77. The van der Waals surface area contributed by atoms with Crippen molar-refractivity contribution in [3.8, 4) is 0 Å². The molecule has 0 aliphatic carbocycles. The van der Waals surface area contributed by atoms with Gasteiger partial charge >= 0.3 is 0 Å². The Balaban J connectivity index is -0.000000309. The van der Waals surface area contributed by atoms with Gasteiger partial charge in [0.2, 0.25) is 0 Å². The van der Waals surface area contributed by atoms with Crippen LogP contribution in [-0.4, -0.2) is 19.8 Å². The Morgan fingerprint density at radius 2 is 2.00 bits per heavy atom. The van der Waals surface area contributed by atoms with Gasteiger partial charge in [-0.15, -0.1) is 0 Å². The Morgan fingerprint density at radius 1 is 1.38 bits per heavy atom. The molecular weight excluding hydrogens is 243 g/mol. The molecule has 0 aliphatic heterocycles. The molecule has 0 aromatic rings. The van der Waals surface area contributed by atoms with E-state index >= 15 is 0 Å². The van der Waals surface area contributed by atoms with Gasteiger partial charge in [-0.3, -0.25) is 0 Å². The normalized spacial score (nSPS) is 7.31. The summed E-state index contributed by atoms with van der Waals surface area (Å²) in [7, 11) is 0. The van der Waals surface area contributed by atoms with E-state index in [-0.39, 0.29) is 32.7 Å². The third-order valence-corrected chi connectivity index (χ3v) is 1.00. The molecule has 0 N–H and O–H groups in total. The largest absolute Gasteiger partial charge is 0.413 e. The van der Waals surface area contributed by atoms with Gasteiger partial charge in [-0.25, -0.2) is 0 Å². The van der Waals surface area contributed by atoms with Gasteiger partial charge in [0.05, 0.1) is 0 Å². The minimum absolute atomic E-state index is 0. The molecule has 75 valence electrons. The Kier molecular flexibility index (Phi) is 33.4. The van der Waals surface area contributed by atoms with E-state index in [9.17, 15) is 0 Å². The molecule has 0 atom stereocenters. The SMILES string of the molecule is CC.[CH2-]COCCCCN=[N+]=[N-].[Y]. The van der Waals surface area contributed by atoms with Gasteiger partial charge in [0.1, 0.15) is 0 Å². The zero-order valence-electron chi connectivity index (χ0n) is 8.57. The van der Waals surface area contributed by atoms with E-state index in [4.69, 9.17) is 10.3 Å². The van der Waals surface area contributed by atoms with Crippen molar-refractivity contribution in [3.05, 3.63) is 17.4 Å². The smallest absolute Gasteiger partial charge is 0.0430 e. The molecule has 0 saturated carbocycles. The summed E-state index contributed by atoms with van der Waals surface area (Å²) < 4.78 is 4.97. The third-order valence-electron chi connectivity index (χ3n) is 1.00. The first-order valence-corrected chi connectivity index (χ1v) is 4.29. The van der Waals surface area contributed by atoms with Crippen molar-refractivity contribution in [2.45, 2.75) is 26.7 Å². The second kappa shape index (κ2) is 22.8. The standard InChI is InChI=1S/C6H12N3O.C2H6.Y/c1-2-10-6-4-3-5-8-9-7;1-2;/h1-6H2;1-2H3;/q-1;;. The maximum atomic E-state index is 7.89. The van der Waals surface area contributed by atoms with E-state index in [1.807, 2.05) is 13.8 Å². The molecule has 0 spiro atoms. The Bertz CT molecular complexity index is 116. The van der Waals surface area contributed by atoms with Crippen molar-refractivity contribution in [2.75, 3.05) is 19.8 Å². The predicted octanol–water partition coefficient (Wildman–Crippen LogP) is 2.95. The van der Waals surface area contributed by atoms with Crippen molar-refractivity contribution in [3.63, 3.8) is 0 Å². The summed E-state index contributed by atoms with van der Waals surface area (Å²) >= 11 is 0. The first-order valence-electron chi connectivity index (χ1n) is 4.29. The molecule has 0 saturated heterocycles. The summed E-state index contributed by atoms with van der Waals surface area (Å²) in [6.45, 7) is 9.31. The summed E-state index contributed by atoms with van der Waals surface area (Å²) in [5, 5.41) is 3.38. The fourth-order valence-corrected chi connectivity index (χ4v) is 0.533. The van der Waals surface area contributed by atoms with Crippen LogP contribution in [0.2, 0.25) is 0 Å². The minimum Gasteiger partial charge on any atom is -0.413 e. The van der Waals surface area contributed by atoms with E-state index in [2.05, 4.69) is 16.9 Å². The van der Waals surface area contributed by atoms with Crippen LogP contribution in [0, 0.1) is 6.92 Å². The molecule has 0 bridgehead atoms. The fourth-order valence-electron chi connectivity index (χ4n) is 0.533. The molecule has 4 nitrogen and oxygen atoms in total. The first kappa shape index (κ1) is 19.0. The van der Waals surface area contributed by atoms with E-state index in [1.54, 1.807) is 0 Å². The molecule has 0 heterocycles. The number of hydrogen-bond donors (Lipinski definition) is 0. The molecule has 5 heteroatoms. The van der Waals surface area contributed by atoms with Crippen LogP contribution in [0.5, 0.6) is 0 Å². The minimum atomic E-state index is 0. The van der Waals surface area contributed by atoms with Gasteiger partial charge in [-0.1, -0.05) is 25.6 Å². The summed E-state index contributed by atoms with van der Waals surface area (Å²) in [6.07, 6.45) is 1.83.